The van der Waals surface area contributed by atoms with Crippen LogP contribution in [0.3, 0.4) is 0 Å². The lowest BCUT2D eigenvalue weighted by Gasteiger charge is -2.24. The van der Waals surface area contributed by atoms with Crippen molar-refractivity contribution in [2.75, 3.05) is 10.6 Å². The Morgan fingerprint density at radius 1 is 1.35 bits per heavy atom. The fourth-order valence-corrected chi connectivity index (χ4v) is 3.67. The maximum atomic E-state index is 12.4. The second-order valence-electron chi connectivity index (χ2n) is 7.37. The summed E-state index contributed by atoms with van der Waals surface area (Å²) in [5.41, 5.74) is 2.02. The molecule has 6 nitrogen and oxygen atoms in total. The van der Waals surface area contributed by atoms with E-state index in [1.807, 2.05) is 35.0 Å². The van der Waals surface area contributed by atoms with Gasteiger partial charge in [0, 0.05) is 24.1 Å². The molecule has 2 amide bonds. The fraction of sp³-hybridized carbons (Fsp3) is 0.450. The SMILES string of the molecule is CC(C1CC1)n1nccc1NC(=O)CCC1Cc2ccccc2NC1=O. The molecule has 26 heavy (non-hydrogen) atoms. The Hall–Kier alpha value is -2.63. The highest BCUT2D eigenvalue weighted by Crippen LogP contribution is 2.40. The summed E-state index contributed by atoms with van der Waals surface area (Å²) in [5, 5.41) is 10.3. The molecule has 0 bridgehead atoms. The van der Waals surface area contributed by atoms with E-state index in [2.05, 4.69) is 22.7 Å². The summed E-state index contributed by atoms with van der Waals surface area (Å²) < 4.78 is 1.90. The number of carbonyl (C=O) groups is 2. The predicted octanol–water partition coefficient (Wildman–Crippen LogP) is 3.38. The van der Waals surface area contributed by atoms with Crippen LogP contribution in [0.2, 0.25) is 0 Å². The number of aromatic nitrogens is 2. The van der Waals surface area contributed by atoms with Crippen LogP contribution >= 0.6 is 0 Å². The first-order valence-corrected chi connectivity index (χ1v) is 9.34. The van der Waals surface area contributed by atoms with Crippen molar-refractivity contribution in [2.24, 2.45) is 11.8 Å². The van der Waals surface area contributed by atoms with Crippen molar-refractivity contribution < 1.29 is 9.59 Å². The van der Waals surface area contributed by atoms with Crippen LogP contribution in [-0.4, -0.2) is 21.6 Å². The van der Waals surface area contributed by atoms with Crippen LogP contribution in [0.1, 0.15) is 44.2 Å². The number of hydrogen-bond acceptors (Lipinski definition) is 3. The third-order valence-corrected chi connectivity index (χ3v) is 5.46. The first-order valence-electron chi connectivity index (χ1n) is 9.34. The minimum Gasteiger partial charge on any atom is -0.326 e. The van der Waals surface area contributed by atoms with E-state index in [-0.39, 0.29) is 17.7 Å². The summed E-state index contributed by atoms with van der Waals surface area (Å²) in [6.45, 7) is 2.14. The number of anilines is 2. The Kier molecular flexibility index (Phi) is 4.49. The number of carbonyl (C=O) groups excluding carboxylic acids is 2. The molecule has 2 heterocycles. The van der Waals surface area contributed by atoms with Gasteiger partial charge in [-0.2, -0.15) is 5.10 Å². The molecular weight excluding hydrogens is 328 g/mol. The van der Waals surface area contributed by atoms with Crippen molar-refractivity contribution in [1.82, 2.24) is 9.78 Å². The van der Waals surface area contributed by atoms with E-state index in [1.54, 1.807) is 6.20 Å². The van der Waals surface area contributed by atoms with E-state index in [1.165, 1.54) is 12.8 Å². The van der Waals surface area contributed by atoms with Gasteiger partial charge in [-0.3, -0.25) is 9.59 Å². The largest absolute Gasteiger partial charge is 0.326 e. The van der Waals surface area contributed by atoms with Crippen molar-refractivity contribution in [3.8, 4) is 0 Å². The quantitative estimate of drug-likeness (QED) is 0.837. The van der Waals surface area contributed by atoms with E-state index in [0.29, 0.717) is 31.2 Å². The molecule has 136 valence electrons. The smallest absolute Gasteiger partial charge is 0.227 e. The normalized spacial score (nSPS) is 20.2. The highest BCUT2D eigenvalue weighted by molar-refractivity contribution is 5.96. The Morgan fingerprint density at radius 2 is 2.15 bits per heavy atom. The topological polar surface area (TPSA) is 76.0 Å². The molecular formula is C20H24N4O2. The van der Waals surface area contributed by atoms with Crippen molar-refractivity contribution >= 4 is 23.3 Å². The second-order valence-corrected chi connectivity index (χ2v) is 7.37. The average molecular weight is 352 g/mol. The van der Waals surface area contributed by atoms with Crippen LogP contribution in [0.4, 0.5) is 11.5 Å². The van der Waals surface area contributed by atoms with E-state index in [4.69, 9.17) is 0 Å². The number of hydrogen-bond donors (Lipinski definition) is 2. The van der Waals surface area contributed by atoms with E-state index < -0.39 is 0 Å². The summed E-state index contributed by atoms with van der Waals surface area (Å²) in [7, 11) is 0. The molecule has 1 aliphatic carbocycles. The fourth-order valence-electron chi connectivity index (χ4n) is 3.67. The van der Waals surface area contributed by atoms with Gasteiger partial charge in [0.2, 0.25) is 11.8 Å². The van der Waals surface area contributed by atoms with E-state index in [0.717, 1.165) is 17.1 Å². The Bertz CT molecular complexity index is 825. The minimum atomic E-state index is -0.161. The number of fused-ring (bicyclic) bond motifs is 1. The number of rotatable bonds is 6. The standard InChI is InChI=1S/C20H24N4O2/c1-13(14-6-7-14)24-18(10-11-21-24)23-19(25)9-8-16-12-15-4-2-3-5-17(15)22-20(16)26/h2-5,10-11,13-14,16H,6-9,12H2,1H3,(H,22,26)(H,23,25). The number of para-hydroxylation sites is 1. The van der Waals surface area contributed by atoms with Gasteiger partial charge in [0.05, 0.1) is 12.2 Å². The Labute approximate surface area is 153 Å². The van der Waals surface area contributed by atoms with E-state index >= 15 is 0 Å². The molecule has 1 fully saturated rings. The van der Waals surface area contributed by atoms with Gasteiger partial charge < -0.3 is 10.6 Å². The van der Waals surface area contributed by atoms with Crippen LogP contribution in [0, 0.1) is 11.8 Å². The molecule has 0 spiro atoms. The monoisotopic (exact) mass is 352 g/mol. The van der Waals surface area contributed by atoms with Gasteiger partial charge in [-0.15, -0.1) is 0 Å². The van der Waals surface area contributed by atoms with Crippen LogP contribution in [0.25, 0.3) is 0 Å². The first-order chi connectivity index (χ1) is 12.6. The lowest BCUT2D eigenvalue weighted by atomic mass is 9.89. The summed E-state index contributed by atoms with van der Waals surface area (Å²) in [6.07, 6.45) is 5.73. The van der Waals surface area contributed by atoms with Crippen molar-refractivity contribution in [3.63, 3.8) is 0 Å². The number of nitrogens with one attached hydrogen (secondary N) is 2. The molecule has 1 aliphatic heterocycles. The molecule has 0 saturated heterocycles. The van der Waals surface area contributed by atoms with Gasteiger partial charge >= 0.3 is 0 Å². The molecule has 1 aromatic carbocycles. The van der Waals surface area contributed by atoms with Crippen LogP contribution in [0.15, 0.2) is 36.5 Å². The number of nitrogens with zero attached hydrogens (tertiary/aromatic N) is 2. The minimum absolute atomic E-state index is 0.00361. The molecule has 4 rings (SSSR count). The zero-order valence-electron chi connectivity index (χ0n) is 14.9. The Morgan fingerprint density at radius 3 is 2.96 bits per heavy atom. The third-order valence-electron chi connectivity index (χ3n) is 5.46. The summed E-state index contributed by atoms with van der Waals surface area (Å²) >= 11 is 0. The average Bonchev–Trinajstić information content (AvgIpc) is 3.39. The molecule has 2 aromatic rings. The lowest BCUT2D eigenvalue weighted by Crippen LogP contribution is -2.30. The van der Waals surface area contributed by atoms with Gasteiger partial charge in [0.25, 0.3) is 0 Å². The number of benzene rings is 1. The summed E-state index contributed by atoms with van der Waals surface area (Å²) in [6, 6.07) is 9.97. The van der Waals surface area contributed by atoms with Crippen LogP contribution in [-0.2, 0) is 16.0 Å². The van der Waals surface area contributed by atoms with Gasteiger partial charge in [0.15, 0.2) is 0 Å². The molecule has 0 radical (unpaired) electrons. The molecule has 1 saturated carbocycles. The van der Waals surface area contributed by atoms with Crippen LogP contribution < -0.4 is 10.6 Å². The molecule has 2 unspecified atom stereocenters. The van der Waals surface area contributed by atoms with Gasteiger partial charge in [-0.05, 0) is 50.2 Å². The predicted molar refractivity (Wildman–Crippen MR) is 99.8 cm³/mol. The van der Waals surface area contributed by atoms with Crippen molar-refractivity contribution in [1.29, 1.82) is 0 Å². The highest BCUT2D eigenvalue weighted by Gasteiger charge is 2.31. The molecule has 6 heteroatoms. The maximum Gasteiger partial charge on any atom is 0.227 e. The maximum absolute atomic E-state index is 12.4. The molecule has 2 N–H and O–H groups in total. The first kappa shape index (κ1) is 16.8. The van der Waals surface area contributed by atoms with Gasteiger partial charge in [-0.1, -0.05) is 18.2 Å². The highest BCUT2D eigenvalue weighted by atomic mass is 16.2. The second kappa shape index (κ2) is 6.94. The lowest BCUT2D eigenvalue weighted by molar-refractivity contribution is -0.121. The van der Waals surface area contributed by atoms with Crippen LogP contribution in [0.5, 0.6) is 0 Å². The van der Waals surface area contributed by atoms with Crippen molar-refractivity contribution in [3.05, 3.63) is 42.1 Å². The van der Waals surface area contributed by atoms with Gasteiger partial charge in [0.1, 0.15) is 5.82 Å². The zero-order chi connectivity index (χ0) is 18.1. The summed E-state index contributed by atoms with van der Waals surface area (Å²) in [5.74, 6) is 1.18. The third kappa shape index (κ3) is 3.49. The van der Waals surface area contributed by atoms with E-state index in [9.17, 15) is 9.59 Å². The Balaban J connectivity index is 1.33. The number of amides is 2. The molecule has 2 aliphatic rings. The zero-order valence-corrected chi connectivity index (χ0v) is 14.9. The summed E-state index contributed by atoms with van der Waals surface area (Å²) in [4.78, 5) is 24.6. The molecule has 2 atom stereocenters. The molecule has 1 aromatic heterocycles. The van der Waals surface area contributed by atoms with Crippen molar-refractivity contribution in [2.45, 2.75) is 45.1 Å². The van der Waals surface area contributed by atoms with Gasteiger partial charge in [-0.25, -0.2) is 4.68 Å².